The van der Waals surface area contributed by atoms with Crippen molar-refractivity contribution in [2.75, 3.05) is 5.75 Å². The molecule has 0 aliphatic heterocycles. The molecule has 0 fully saturated rings. The van der Waals surface area contributed by atoms with Crippen LogP contribution in [-0.2, 0) is 10.8 Å². The van der Waals surface area contributed by atoms with Crippen molar-refractivity contribution in [1.82, 2.24) is 0 Å². The summed E-state index contributed by atoms with van der Waals surface area (Å²) in [5.74, 6) is 1.43. The van der Waals surface area contributed by atoms with E-state index >= 15 is 0 Å². The molecule has 0 amide bonds. The summed E-state index contributed by atoms with van der Waals surface area (Å²) in [6.45, 7) is 17.2. The van der Waals surface area contributed by atoms with Gasteiger partial charge in [-0.05, 0) is 36.8 Å². The first-order valence-electron chi connectivity index (χ1n) is 7.57. The smallest absolute Gasteiger partial charge is 0.123 e. The Kier molecular flexibility index (Phi) is 5.60. The van der Waals surface area contributed by atoms with E-state index in [1.54, 1.807) is 0 Å². The van der Waals surface area contributed by atoms with Crippen molar-refractivity contribution in [1.29, 1.82) is 0 Å². The predicted octanol–water partition coefficient (Wildman–Crippen LogP) is 6.05. The van der Waals surface area contributed by atoms with Gasteiger partial charge in [-0.25, -0.2) is 0 Å². The van der Waals surface area contributed by atoms with Gasteiger partial charge in [0.2, 0.25) is 0 Å². The van der Waals surface area contributed by atoms with Crippen molar-refractivity contribution < 1.29 is 5.11 Å². The molecule has 1 N–H and O–H groups in total. The molecule has 118 valence electrons. The average molecular weight is 307 g/mol. The van der Waals surface area contributed by atoms with Crippen LogP contribution in [0.5, 0.6) is 5.75 Å². The number of phenols is 1. The van der Waals surface area contributed by atoms with Gasteiger partial charge in [-0.3, -0.25) is 0 Å². The lowest BCUT2D eigenvalue weighted by molar-refractivity contribution is 0.422. The number of allylic oxidation sites excluding steroid dienone is 1. The van der Waals surface area contributed by atoms with E-state index in [0.717, 1.165) is 16.9 Å². The number of phenolic OH excluding ortho intramolecular Hbond substituents is 1. The standard InChI is InChI=1S/C19H30OS/c1-13(2)9-10-21-14-11-15(18(3,4)5)17(20)16(12-14)19(6,7)8/h9,11-12,20H,10H2,1-8H3. The molecule has 1 rings (SSSR count). The zero-order valence-electron chi connectivity index (χ0n) is 14.8. The molecule has 0 unspecified atom stereocenters. The highest BCUT2D eigenvalue weighted by Gasteiger charge is 2.26. The lowest BCUT2D eigenvalue weighted by Crippen LogP contribution is -2.17. The topological polar surface area (TPSA) is 20.2 Å². The molecule has 1 aromatic rings. The van der Waals surface area contributed by atoms with Gasteiger partial charge >= 0.3 is 0 Å². The number of aromatic hydroxyl groups is 1. The number of thioether (sulfide) groups is 1. The van der Waals surface area contributed by atoms with Crippen molar-refractivity contribution in [3.8, 4) is 5.75 Å². The van der Waals surface area contributed by atoms with E-state index in [9.17, 15) is 5.11 Å². The number of hydrogen-bond donors (Lipinski definition) is 1. The van der Waals surface area contributed by atoms with E-state index in [2.05, 4.69) is 73.6 Å². The summed E-state index contributed by atoms with van der Waals surface area (Å²) < 4.78 is 0. The van der Waals surface area contributed by atoms with Gasteiger partial charge in [0.1, 0.15) is 5.75 Å². The Morgan fingerprint density at radius 2 is 1.43 bits per heavy atom. The number of benzene rings is 1. The minimum absolute atomic E-state index is 0.0584. The third-order valence-electron chi connectivity index (χ3n) is 3.44. The molecule has 1 aromatic carbocycles. The van der Waals surface area contributed by atoms with Gasteiger partial charge in [-0.1, -0.05) is 53.2 Å². The molecule has 1 nitrogen and oxygen atoms in total. The quantitative estimate of drug-likeness (QED) is 0.542. The summed E-state index contributed by atoms with van der Waals surface area (Å²) in [6, 6.07) is 4.29. The summed E-state index contributed by atoms with van der Waals surface area (Å²) in [4.78, 5) is 1.24. The molecule has 0 heterocycles. The second-order valence-electron chi connectivity index (χ2n) is 7.96. The molecule has 0 saturated heterocycles. The van der Waals surface area contributed by atoms with Crippen LogP contribution in [0.4, 0.5) is 0 Å². The van der Waals surface area contributed by atoms with E-state index in [4.69, 9.17) is 0 Å². The minimum atomic E-state index is -0.0584. The van der Waals surface area contributed by atoms with Crippen LogP contribution in [0.3, 0.4) is 0 Å². The monoisotopic (exact) mass is 306 g/mol. The Labute approximate surface area is 134 Å². The molecular formula is C19H30OS. The summed E-state index contributed by atoms with van der Waals surface area (Å²) in [5.41, 5.74) is 3.30. The van der Waals surface area contributed by atoms with Crippen LogP contribution in [0.1, 0.15) is 66.5 Å². The fraction of sp³-hybridized carbons (Fsp3) is 0.579. The Hall–Kier alpha value is -0.890. The molecule has 0 aliphatic rings. The van der Waals surface area contributed by atoms with Crippen LogP contribution in [-0.4, -0.2) is 10.9 Å². The van der Waals surface area contributed by atoms with Gasteiger partial charge in [0.05, 0.1) is 0 Å². The van der Waals surface area contributed by atoms with Crippen molar-refractivity contribution >= 4 is 11.8 Å². The van der Waals surface area contributed by atoms with Gasteiger partial charge in [0, 0.05) is 21.8 Å². The van der Waals surface area contributed by atoms with Gasteiger partial charge in [-0.2, -0.15) is 0 Å². The van der Waals surface area contributed by atoms with Crippen LogP contribution in [0, 0.1) is 0 Å². The third kappa shape index (κ3) is 5.10. The lowest BCUT2D eigenvalue weighted by Gasteiger charge is -2.28. The molecule has 0 spiro atoms. The third-order valence-corrected chi connectivity index (χ3v) is 4.34. The van der Waals surface area contributed by atoms with Crippen molar-refractivity contribution in [3.05, 3.63) is 34.9 Å². The molecule has 0 radical (unpaired) electrons. The minimum Gasteiger partial charge on any atom is -0.507 e. The number of rotatable bonds is 3. The summed E-state index contributed by atoms with van der Waals surface area (Å²) >= 11 is 1.83. The van der Waals surface area contributed by atoms with Crippen molar-refractivity contribution in [3.63, 3.8) is 0 Å². The fourth-order valence-electron chi connectivity index (χ4n) is 2.14. The van der Waals surface area contributed by atoms with Crippen LogP contribution in [0.25, 0.3) is 0 Å². The fourth-order valence-corrected chi connectivity index (χ4v) is 3.15. The Morgan fingerprint density at radius 1 is 1.00 bits per heavy atom. The van der Waals surface area contributed by atoms with Gasteiger partial charge in [-0.15, -0.1) is 11.8 Å². The molecule has 21 heavy (non-hydrogen) atoms. The van der Waals surface area contributed by atoms with Crippen molar-refractivity contribution in [2.24, 2.45) is 0 Å². The molecule has 0 saturated carbocycles. The van der Waals surface area contributed by atoms with E-state index in [-0.39, 0.29) is 10.8 Å². The molecule has 0 aromatic heterocycles. The second-order valence-corrected chi connectivity index (χ2v) is 9.05. The highest BCUT2D eigenvalue weighted by molar-refractivity contribution is 7.99. The summed E-state index contributed by atoms with van der Waals surface area (Å²) in [6.07, 6.45) is 2.24. The SMILES string of the molecule is CC(C)=CCSc1cc(C(C)(C)C)c(O)c(C(C)(C)C)c1. The zero-order valence-corrected chi connectivity index (χ0v) is 15.6. The molecule has 0 bridgehead atoms. The van der Waals surface area contributed by atoms with Gasteiger partial charge in [0.25, 0.3) is 0 Å². The number of hydrogen-bond acceptors (Lipinski definition) is 2. The first kappa shape index (κ1) is 18.2. The molecule has 2 heteroatoms. The second kappa shape index (κ2) is 6.48. The molecule has 0 atom stereocenters. The molecular weight excluding hydrogens is 276 g/mol. The first-order valence-corrected chi connectivity index (χ1v) is 8.55. The highest BCUT2D eigenvalue weighted by Crippen LogP contribution is 2.41. The Bertz CT molecular complexity index is 488. The van der Waals surface area contributed by atoms with E-state index in [0.29, 0.717) is 5.75 Å². The van der Waals surface area contributed by atoms with Crippen LogP contribution < -0.4 is 0 Å². The van der Waals surface area contributed by atoms with E-state index < -0.39 is 0 Å². The van der Waals surface area contributed by atoms with Crippen LogP contribution in [0.15, 0.2) is 28.7 Å². The average Bonchev–Trinajstić information content (AvgIpc) is 2.27. The predicted molar refractivity (Wildman–Crippen MR) is 95.7 cm³/mol. The summed E-state index contributed by atoms with van der Waals surface area (Å²) in [5, 5.41) is 10.7. The van der Waals surface area contributed by atoms with Gasteiger partial charge < -0.3 is 5.11 Å². The maximum absolute atomic E-state index is 10.7. The Morgan fingerprint density at radius 3 is 1.76 bits per heavy atom. The zero-order chi connectivity index (χ0) is 16.4. The van der Waals surface area contributed by atoms with E-state index in [1.807, 2.05) is 11.8 Å². The maximum atomic E-state index is 10.7. The molecule has 0 aliphatic carbocycles. The van der Waals surface area contributed by atoms with Crippen LogP contribution >= 0.6 is 11.8 Å². The normalized spacial score (nSPS) is 12.4. The largest absolute Gasteiger partial charge is 0.507 e. The lowest BCUT2D eigenvalue weighted by atomic mass is 9.79. The van der Waals surface area contributed by atoms with Gasteiger partial charge in [0.15, 0.2) is 0 Å². The first-order chi connectivity index (χ1) is 9.43. The van der Waals surface area contributed by atoms with Crippen LogP contribution in [0.2, 0.25) is 0 Å². The van der Waals surface area contributed by atoms with E-state index in [1.165, 1.54) is 10.5 Å². The Balaban J connectivity index is 3.31. The highest BCUT2D eigenvalue weighted by atomic mass is 32.2. The maximum Gasteiger partial charge on any atom is 0.123 e. The van der Waals surface area contributed by atoms with Crippen molar-refractivity contribution in [2.45, 2.75) is 71.1 Å². The summed E-state index contributed by atoms with van der Waals surface area (Å²) in [7, 11) is 0.